The minimum absolute atomic E-state index is 0.0773. The fraction of sp³-hybridized carbons (Fsp3) is 0.696. The highest BCUT2D eigenvalue weighted by Crippen LogP contribution is 2.44. The van der Waals surface area contributed by atoms with Gasteiger partial charge in [0.25, 0.3) is 0 Å². The molecule has 4 heterocycles. The van der Waals surface area contributed by atoms with Crippen molar-refractivity contribution in [2.45, 2.75) is 96.9 Å². The first kappa shape index (κ1) is 26.6. The number of imidazole rings is 1. The monoisotopic (exact) mass is 523 g/mol. The number of hydrogen-bond donors (Lipinski definition) is 1. The van der Waals surface area contributed by atoms with E-state index < -0.39 is 41.5 Å². The highest BCUT2D eigenvalue weighted by atomic mass is 32.1. The fourth-order valence-corrected chi connectivity index (χ4v) is 4.38. The van der Waals surface area contributed by atoms with Crippen LogP contribution in [0.1, 0.15) is 61.6 Å². The average Bonchev–Trinajstić information content (AvgIpc) is 3.36. The van der Waals surface area contributed by atoms with Crippen LogP contribution in [0.2, 0.25) is 0 Å². The number of carbonyl (C=O) groups excluding carboxylic acids is 2. The van der Waals surface area contributed by atoms with E-state index in [-0.39, 0.29) is 23.5 Å². The van der Waals surface area contributed by atoms with E-state index in [1.165, 1.54) is 12.7 Å². The number of aromatic nitrogens is 4. The van der Waals surface area contributed by atoms with Gasteiger partial charge in [0, 0.05) is 5.75 Å². The molecule has 2 amide bonds. The summed E-state index contributed by atoms with van der Waals surface area (Å²) in [6.07, 6.45) is -0.886. The van der Waals surface area contributed by atoms with Crippen molar-refractivity contribution in [3.8, 4) is 0 Å². The Bertz CT molecular complexity index is 1130. The maximum Gasteiger partial charge on any atom is 0.425 e. The van der Waals surface area contributed by atoms with Crippen molar-refractivity contribution in [2.24, 2.45) is 0 Å². The second kappa shape index (κ2) is 9.12. The van der Waals surface area contributed by atoms with Gasteiger partial charge in [-0.15, -0.1) is 0 Å². The Labute approximate surface area is 215 Å². The predicted molar refractivity (Wildman–Crippen MR) is 132 cm³/mol. The summed E-state index contributed by atoms with van der Waals surface area (Å²) in [5, 5.41) is 0. The molecule has 2 aromatic rings. The third-order valence-corrected chi connectivity index (χ3v) is 5.64. The number of nitrogens with zero attached hydrogens (tertiary/aromatic N) is 5. The van der Waals surface area contributed by atoms with Gasteiger partial charge in [0.05, 0.1) is 12.4 Å². The van der Waals surface area contributed by atoms with E-state index in [0.717, 1.165) is 4.90 Å². The van der Waals surface area contributed by atoms with Crippen molar-refractivity contribution >= 4 is 41.8 Å². The molecule has 0 radical (unpaired) electrons. The maximum absolute atomic E-state index is 13.1. The van der Waals surface area contributed by atoms with E-state index in [4.69, 9.17) is 23.7 Å². The lowest BCUT2D eigenvalue weighted by Gasteiger charge is -2.28. The first-order valence-electron chi connectivity index (χ1n) is 11.7. The molecule has 0 aliphatic carbocycles. The molecule has 0 unspecified atom stereocenters. The van der Waals surface area contributed by atoms with Gasteiger partial charge in [-0.05, 0) is 55.4 Å². The van der Waals surface area contributed by atoms with Gasteiger partial charge in [-0.3, -0.25) is 4.57 Å². The Morgan fingerprint density at radius 2 is 1.61 bits per heavy atom. The SMILES string of the molecule is CC(C)(C)OC(=O)N(C(=O)OC(C)(C)C)c1ncnc2c1ncn2[C@@H]1O[C@H](CS)[C@H]2OC(C)(C)O[C@H]21. The Morgan fingerprint density at radius 3 is 2.17 bits per heavy atom. The standard InChI is InChI=1S/C23H33N5O7S/c1-21(2,3)34-19(29)28(20(30)35-22(4,5)6)17-13-16(24-10-25-17)27(11-26-13)18-15-14(12(9-36)31-18)32-23(7,8)33-15/h10-12,14-15,18,36H,9H2,1-8H3/t12-,14-,15-,18-/m1/s1. The lowest BCUT2D eigenvalue weighted by Crippen LogP contribution is -2.44. The summed E-state index contributed by atoms with van der Waals surface area (Å²) in [5.41, 5.74) is -1.23. The number of amides is 2. The van der Waals surface area contributed by atoms with Crippen LogP contribution in [-0.2, 0) is 23.7 Å². The van der Waals surface area contributed by atoms with Gasteiger partial charge >= 0.3 is 12.2 Å². The van der Waals surface area contributed by atoms with Crippen molar-refractivity contribution in [1.82, 2.24) is 19.5 Å². The minimum Gasteiger partial charge on any atom is -0.443 e. The normalized spacial score (nSPS) is 25.6. The van der Waals surface area contributed by atoms with Crippen molar-refractivity contribution in [1.29, 1.82) is 0 Å². The average molecular weight is 524 g/mol. The van der Waals surface area contributed by atoms with Crippen LogP contribution in [0.15, 0.2) is 12.7 Å². The van der Waals surface area contributed by atoms with Gasteiger partial charge in [0.15, 0.2) is 29.0 Å². The van der Waals surface area contributed by atoms with Gasteiger partial charge in [-0.2, -0.15) is 17.5 Å². The zero-order chi connectivity index (χ0) is 26.6. The molecular weight excluding hydrogens is 490 g/mol. The number of anilines is 1. The van der Waals surface area contributed by atoms with Gasteiger partial charge in [0.1, 0.15) is 29.7 Å². The van der Waals surface area contributed by atoms with E-state index >= 15 is 0 Å². The largest absolute Gasteiger partial charge is 0.443 e. The van der Waals surface area contributed by atoms with Gasteiger partial charge < -0.3 is 23.7 Å². The first-order chi connectivity index (χ1) is 16.6. The molecule has 2 aliphatic heterocycles. The number of thiol groups is 1. The van der Waals surface area contributed by atoms with Crippen molar-refractivity contribution in [3.63, 3.8) is 0 Å². The number of rotatable bonds is 3. The molecule has 198 valence electrons. The molecule has 0 bridgehead atoms. The molecule has 0 N–H and O–H groups in total. The number of carbonyl (C=O) groups is 2. The second-order valence-electron chi connectivity index (χ2n) is 11.1. The molecule has 12 nitrogen and oxygen atoms in total. The molecule has 0 aromatic carbocycles. The molecule has 2 aliphatic rings. The van der Waals surface area contributed by atoms with E-state index in [1.54, 1.807) is 46.1 Å². The van der Waals surface area contributed by atoms with Crippen molar-refractivity contribution in [2.75, 3.05) is 10.7 Å². The van der Waals surface area contributed by atoms with Crippen molar-refractivity contribution < 1.29 is 33.3 Å². The Hall–Kier alpha value is -2.48. The summed E-state index contributed by atoms with van der Waals surface area (Å²) in [7, 11) is 0. The molecule has 13 heteroatoms. The Balaban J connectivity index is 1.76. The summed E-state index contributed by atoms with van der Waals surface area (Å²) in [5.74, 6) is -0.444. The molecular formula is C23H33N5O7S. The van der Waals surface area contributed by atoms with Crippen LogP contribution in [0.3, 0.4) is 0 Å². The Morgan fingerprint density at radius 1 is 1.03 bits per heavy atom. The molecule has 0 saturated carbocycles. The predicted octanol–water partition coefficient (Wildman–Crippen LogP) is 3.85. The van der Waals surface area contributed by atoms with Crippen molar-refractivity contribution in [3.05, 3.63) is 12.7 Å². The van der Waals surface area contributed by atoms with E-state index in [2.05, 4.69) is 27.6 Å². The molecule has 0 spiro atoms. The number of ether oxygens (including phenoxy) is 5. The lowest BCUT2D eigenvalue weighted by molar-refractivity contribution is -0.193. The Kier molecular flexibility index (Phi) is 6.73. The molecule has 2 aromatic heterocycles. The third kappa shape index (κ3) is 5.29. The van der Waals surface area contributed by atoms with E-state index in [1.807, 2.05) is 13.8 Å². The number of imide groups is 1. The molecule has 4 rings (SSSR count). The zero-order valence-electron chi connectivity index (χ0n) is 21.7. The van der Waals surface area contributed by atoms with Gasteiger partial charge in [0.2, 0.25) is 0 Å². The second-order valence-corrected chi connectivity index (χ2v) is 11.5. The first-order valence-corrected chi connectivity index (χ1v) is 12.3. The highest BCUT2D eigenvalue weighted by Gasteiger charge is 2.55. The van der Waals surface area contributed by atoms with Crippen LogP contribution in [0.25, 0.3) is 11.2 Å². The maximum atomic E-state index is 13.1. The van der Waals surface area contributed by atoms with Crippen LogP contribution < -0.4 is 4.90 Å². The smallest absolute Gasteiger partial charge is 0.425 e. The van der Waals surface area contributed by atoms with Crippen LogP contribution >= 0.6 is 12.6 Å². The summed E-state index contributed by atoms with van der Waals surface area (Å²) in [4.78, 5) is 40.0. The van der Waals surface area contributed by atoms with E-state index in [0.29, 0.717) is 11.4 Å². The number of fused-ring (bicyclic) bond motifs is 2. The fourth-order valence-electron chi connectivity index (χ4n) is 4.08. The number of hydrogen-bond acceptors (Lipinski definition) is 11. The van der Waals surface area contributed by atoms with Crippen LogP contribution in [0.4, 0.5) is 15.4 Å². The summed E-state index contributed by atoms with van der Waals surface area (Å²) in [6.45, 7) is 13.8. The highest BCUT2D eigenvalue weighted by molar-refractivity contribution is 7.80. The molecule has 2 saturated heterocycles. The summed E-state index contributed by atoms with van der Waals surface area (Å²) < 4.78 is 31.0. The van der Waals surface area contributed by atoms with Gasteiger partial charge in [-0.1, -0.05) is 0 Å². The summed E-state index contributed by atoms with van der Waals surface area (Å²) in [6, 6.07) is 0. The zero-order valence-corrected chi connectivity index (χ0v) is 22.6. The van der Waals surface area contributed by atoms with Crippen LogP contribution in [0, 0.1) is 0 Å². The summed E-state index contributed by atoms with van der Waals surface area (Å²) >= 11 is 4.40. The third-order valence-electron chi connectivity index (χ3n) is 5.28. The van der Waals surface area contributed by atoms with Gasteiger partial charge in [-0.25, -0.2) is 24.5 Å². The van der Waals surface area contributed by atoms with Crippen LogP contribution in [-0.4, -0.2) is 72.8 Å². The van der Waals surface area contributed by atoms with Crippen LogP contribution in [0.5, 0.6) is 0 Å². The topological polar surface area (TPSA) is 127 Å². The minimum atomic E-state index is -0.951. The van der Waals surface area contributed by atoms with E-state index in [9.17, 15) is 9.59 Å². The quantitative estimate of drug-likeness (QED) is 0.593. The molecule has 36 heavy (non-hydrogen) atoms. The lowest BCUT2D eigenvalue weighted by atomic mass is 10.1. The molecule has 4 atom stereocenters. The molecule has 2 fully saturated rings.